The lowest BCUT2D eigenvalue weighted by atomic mass is 9.96. The number of benzene rings is 4. The Labute approximate surface area is 248 Å². The van der Waals surface area contributed by atoms with Gasteiger partial charge >= 0.3 is 0 Å². The molecule has 4 aromatic rings. The van der Waals surface area contributed by atoms with E-state index in [4.69, 9.17) is 4.74 Å². The number of hydrogen-bond acceptors (Lipinski definition) is 5. The summed E-state index contributed by atoms with van der Waals surface area (Å²) in [5.41, 5.74) is 4.80. The van der Waals surface area contributed by atoms with Crippen molar-refractivity contribution in [3.8, 4) is 5.75 Å². The molecule has 42 heavy (non-hydrogen) atoms. The molecule has 0 aliphatic carbocycles. The Morgan fingerprint density at radius 1 is 0.738 bits per heavy atom. The number of ether oxygens (including phenoxy) is 1. The van der Waals surface area contributed by atoms with Crippen molar-refractivity contribution in [1.82, 2.24) is 9.21 Å². The number of carbonyl (C=O) groups excluding carboxylic acids is 1. The zero-order chi connectivity index (χ0) is 29.7. The molecule has 1 amide bonds. The molecule has 0 aromatic heterocycles. The van der Waals surface area contributed by atoms with E-state index in [2.05, 4.69) is 34.5 Å². The van der Waals surface area contributed by atoms with E-state index < -0.39 is 16.1 Å². The van der Waals surface area contributed by atoms with Crippen molar-refractivity contribution in [3.63, 3.8) is 0 Å². The Kier molecular flexibility index (Phi) is 9.06. The van der Waals surface area contributed by atoms with Crippen LogP contribution < -0.4 is 10.1 Å². The van der Waals surface area contributed by atoms with E-state index in [1.54, 1.807) is 35.5 Å². The molecule has 1 unspecified atom stereocenters. The van der Waals surface area contributed by atoms with Gasteiger partial charge in [-0.1, -0.05) is 78.9 Å². The third-order valence-electron chi connectivity index (χ3n) is 7.70. The first kappa shape index (κ1) is 29.5. The molecular weight excluding hydrogens is 546 g/mol. The number of hydrogen-bond donors (Lipinski definition) is 1. The van der Waals surface area contributed by atoms with Crippen molar-refractivity contribution in [2.75, 3.05) is 31.5 Å². The zero-order valence-electron chi connectivity index (χ0n) is 24.2. The molecule has 1 heterocycles. The Hall–Kier alpha value is -3.98. The highest BCUT2D eigenvalue weighted by molar-refractivity contribution is 7.89. The van der Waals surface area contributed by atoms with Gasteiger partial charge in [0.1, 0.15) is 5.75 Å². The summed E-state index contributed by atoms with van der Waals surface area (Å²) in [6.07, 6.45) is -0.722. The molecule has 0 bridgehead atoms. The lowest BCUT2D eigenvalue weighted by Crippen LogP contribution is -2.49. The molecule has 0 spiro atoms. The summed E-state index contributed by atoms with van der Waals surface area (Å²) in [6, 6.07) is 32.9. The smallest absolute Gasteiger partial charge is 0.265 e. The molecule has 0 saturated carbocycles. The monoisotopic (exact) mass is 583 g/mol. The van der Waals surface area contributed by atoms with Crippen LogP contribution in [0.3, 0.4) is 0 Å². The largest absolute Gasteiger partial charge is 0.480 e. The maximum absolute atomic E-state index is 13.5. The normalized spacial score (nSPS) is 15.3. The number of rotatable bonds is 9. The number of para-hydroxylation sites is 1. The first-order valence-electron chi connectivity index (χ1n) is 14.2. The SMILES string of the molecule is Cc1cccc(C)c1OC(C)C(=O)Nc1ccc(S(=O)(=O)N2CCN(C(c3ccccc3)c3ccccc3)CC2)cc1. The summed E-state index contributed by atoms with van der Waals surface area (Å²) >= 11 is 0. The molecule has 8 heteroatoms. The van der Waals surface area contributed by atoms with Crippen LogP contribution in [0.2, 0.25) is 0 Å². The number of anilines is 1. The maximum atomic E-state index is 13.5. The van der Waals surface area contributed by atoms with E-state index in [0.717, 1.165) is 11.1 Å². The second kappa shape index (κ2) is 12.9. The second-order valence-corrected chi connectivity index (χ2v) is 12.6. The average molecular weight is 584 g/mol. The van der Waals surface area contributed by atoms with Crippen molar-refractivity contribution in [2.24, 2.45) is 0 Å². The predicted molar refractivity (Wildman–Crippen MR) is 166 cm³/mol. The molecular formula is C34H37N3O4S. The van der Waals surface area contributed by atoms with E-state index in [9.17, 15) is 13.2 Å². The van der Waals surface area contributed by atoms with Gasteiger partial charge in [-0.3, -0.25) is 9.69 Å². The predicted octanol–water partition coefficient (Wildman–Crippen LogP) is 5.81. The maximum Gasteiger partial charge on any atom is 0.265 e. The van der Waals surface area contributed by atoms with Crippen LogP contribution in [-0.2, 0) is 14.8 Å². The Morgan fingerprint density at radius 2 is 1.26 bits per heavy atom. The molecule has 5 rings (SSSR count). The Morgan fingerprint density at radius 3 is 1.79 bits per heavy atom. The van der Waals surface area contributed by atoms with Crippen LogP contribution in [0.1, 0.15) is 35.2 Å². The summed E-state index contributed by atoms with van der Waals surface area (Å²) in [6.45, 7) is 7.59. The molecule has 4 aromatic carbocycles. The molecule has 1 saturated heterocycles. The minimum atomic E-state index is -3.68. The van der Waals surface area contributed by atoms with Gasteiger partial charge in [0.15, 0.2) is 6.10 Å². The van der Waals surface area contributed by atoms with Crippen LogP contribution in [0.4, 0.5) is 5.69 Å². The fraction of sp³-hybridized carbons (Fsp3) is 0.265. The molecule has 1 N–H and O–H groups in total. The third kappa shape index (κ3) is 6.57. The number of carbonyl (C=O) groups is 1. The summed E-state index contributed by atoms with van der Waals surface area (Å²) in [7, 11) is -3.68. The molecule has 218 valence electrons. The summed E-state index contributed by atoms with van der Waals surface area (Å²) in [5.74, 6) is 0.385. The van der Waals surface area contributed by atoms with Crippen molar-refractivity contribution in [2.45, 2.75) is 37.8 Å². The summed E-state index contributed by atoms with van der Waals surface area (Å²) in [4.78, 5) is 15.3. The van der Waals surface area contributed by atoms with Gasteiger partial charge in [-0.15, -0.1) is 0 Å². The minimum absolute atomic E-state index is 0.0567. The number of aryl methyl sites for hydroxylation is 2. The highest BCUT2D eigenvalue weighted by atomic mass is 32.2. The van der Waals surface area contributed by atoms with E-state index in [-0.39, 0.29) is 16.8 Å². The van der Waals surface area contributed by atoms with Gasteiger partial charge in [-0.05, 0) is 67.3 Å². The van der Waals surface area contributed by atoms with Crippen molar-refractivity contribution in [1.29, 1.82) is 0 Å². The molecule has 1 aliphatic rings. The zero-order valence-corrected chi connectivity index (χ0v) is 25.1. The van der Waals surface area contributed by atoms with Crippen molar-refractivity contribution in [3.05, 3.63) is 125 Å². The molecule has 7 nitrogen and oxygen atoms in total. The Balaban J connectivity index is 1.22. The van der Waals surface area contributed by atoms with E-state index >= 15 is 0 Å². The van der Waals surface area contributed by atoms with Crippen LogP contribution in [-0.4, -0.2) is 55.8 Å². The van der Waals surface area contributed by atoms with Crippen LogP contribution in [0, 0.1) is 13.8 Å². The molecule has 0 radical (unpaired) electrons. The van der Waals surface area contributed by atoms with Gasteiger partial charge in [0.25, 0.3) is 5.91 Å². The van der Waals surface area contributed by atoms with E-state index in [1.165, 1.54) is 11.1 Å². The third-order valence-corrected chi connectivity index (χ3v) is 9.61. The number of nitrogens with one attached hydrogen (secondary N) is 1. The first-order chi connectivity index (χ1) is 20.2. The van der Waals surface area contributed by atoms with Crippen LogP contribution >= 0.6 is 0 Å². The molecule has 1 aliphatic heterocycles. The van der Waals surface area contributed by atoms with Gasteiger partial charge in [0.05, 0.1) is 10.9 Å². The Bertz CT molecular complexity index is 1540. The summed E-state index contributed by atoms with van der Waals surface area (Å²) < 4.78 is 34.5. The topological polar surface area (TPSA) is 78.9 Å². The highest BCUT2D eigenvalue weighted by Crippen LogP contribution is 2.31. The van der Waals surface area contributed by atoms with Gasteiger partial charge in [0.2, 0.25) is 10.0 Å². The van der Waals surface area contributed by atoms with Gasteiger partial charge < -0.3 is 10.1 Å². The lowest BCUT2D eigenvalue weighted by Gasteiger charge is -2.39. The van der Waals surface area contributed by atoms with Crippen molar-refractivity contribution >= 4 is 21.6 Å². The fourth-order valence-corrected chi connectivity index (χ4v) is 6.83. The van der Waals surface area contributed by atoms with Crippen molar-refractivity contribution < 1.29 is 17.9 Å². The van der Waals surface area contributed by atoms with Gasteiger partial charge in [-0.2, -0.15) is 4.31 Å². The fourth-order valence-electron chi connectivity index (χ4n) is 5.41. The first-order valence-corrected chi connectivity index (χ1v) is 15.7. The van der Waals surface area contributed by atoms with E-state index in [0.29, 0.717) is 37.6 Å². The van der Waals surface area contributed by atoms with Gasteiger partial charge in [-0.25, -0.2) is 8.42 Å². The number of amides is 1. The number of nitrogens with zero attached hydrogens (tertiary/aromatic N) is 2. The number of sulfonamides is 1. The average Bonchev–Trinajstić information content (AvgIpc) is 3.01. The molecule has 1 fully saturated rings. The quantitative estimate of drug-likeness (QED) is 0.269. The summed E-state index contributed by atoms with van der Waals surface area (Å²) in [5, 5.41) is 2.83. The van der Waals surface area contributed by atoms with Crippen LogP contribution in [0.25, 0.3) is 0 Å². The minimum Gasteiger partial charge on any atom is -0.480 e. The van der Waals surface area contributed by atoms with Gasteiger partial charge in [0, 0.05) is 31.9 Å². The standard InChI is InChI=1S/C34H37N3O4S/c1-25-11-10-12-26(2)33(25)41-27(3)34(38)35-30-17-19-31(20-18-30)42(39,40)37-23-21-36(22-24-37)32(28-13-6-4-7-14-28)29-15-8-5-9-16-29/h4-20,27,32H,21-24H2,1-3H3,(H,35,38). The lowest BCUT2D eigenvalue weighted by molar-refractivity contribution is -0.122. The second-order valence-electron chi connectivity index (χ2n) is 10.7. The van der Waals surface area contributed by atoms with Crippen LogP contribution in [0.5, 0.6) is 5.75 Å². The number of piperazine rings is 1. The molecule has 1 atom stereocenters. The highest BCUT2D eigenvalue weighted by Gasteiger charge is 2.32. The van der Waals surface area contributed by atoms with E-state index in [1.807, 2.05) is 68.4 Å². The van der Waals surface area contributed by atoms with Crippen LogP contribution in [0.15, 0.2) is 108 Å².